The smallest absolute Gasteiger partial charge is 0.147 e. The SMILES string of the molecule is CC(N)Cc1c[nH]c2c(OCc3ccccc3)cc(OCc3ccccc3)cc12. The van der Waals surface area contributed by atoms with Crippen LogP contribution >= 0.6 is 0 Å². The summed E-state index contributed by atoms with van der Waals surface area (Å²) in [5.41, 5.74) is 10.4. The van der Waals surface area contributed by atoms with E-state index in [2.05, 4.69) is 35.3 Å². The fourth-order valence-electron chi connectivity index (χ4n) is 3.42. The van der Waals surface area contributed by atoms with E-state index >= 15 is 0 Å². The van der Waals surface area contributed by atoms with Crippen LogP contribution in [0.3, 0.4) is 0 Å². The van der Waals surface area contributed by atoms with Crippen molar-refractivity contribution in [2.24, 2.45) is 5.73 Å². The predicted octanol–water partition coefficient (Wildman–Crippen LogP) is 5.22. The van der Waals surface area contributed by atoms with Gasteiger partial charge in [0.05, 0.1) is 5.52 Å². The molecule has 0 saturated carbocycles. The molecule has 4 aromatic rings. The Labute approximate surface area is 171 Å². The van der Waals surface area contributed by atoms with Crippen LogP contribution in [0.5, 0.6) is 11.5 Å². The lowest BCUT2D eigenvalue weighted by Crippen LogP contribution is -2.17. The number of hydrogen-bond donors (Lipinski definition) is 2. The second-order valence-corrected chi connectivity index (χ2v) is 7.39. The van der Waals surface area contributed by atoms with E-state index in [1.165, 1.54) is 5.56 Å². The molecule has 0 bridgehead atoms. The Morgan fingerprint density at radius 3 is 2.10 bits per heavy atom. The lowest BCUT2D eigenvalue weighted by atomic mass is 10.1. The summed E-state index contributed by atoms with van der Waals surface area (Å²) in [6.07, 6.45) is 2.81. The first-order chi connectivity index (χ1) is 14.2. The van der Waals surface area contributed by atoms with Gasteiger partial charge in [0, 0.05) is 23.7 Å². The van der Waals surface area contributed by atoms with E-state index in [-0.39, 0.29) is 6.04 Å². The summed E-state index contributed by atoms with van der Waals surface area (Å²) in [4.78, 5) is 3.36. The molecule has 0 aliphatic carbocycles. The maximum absolute atomic E-state index is 6.17. The second kappa shape index (κ2) is 8.84. The molecule has 4 nitrogen and oxygen atoms in total. The normalized spacial score (nSPS) is 12.1. The van der Waals surface area contributed by atoms with Crippen LogP contribution in [0.15, 0.2) is 79.0 Å². The van der Waals surface area contributed by atoms with Crippen molar-refractivity contribution in [2.45, 2.75) is 32.6 Å². The van der Waals surface area contributed by atoms with Crippen molar-refractivity contribution in [1.29, 1.82) is 0 Å². The van der Waals surface area contributed by atoms with Crippen molar-refractivity contribution >= 4 is 10.9 Å². The van der Waals surface area contributed by atoms with Gasteiger partial charge in [0.25, 0.3) is 0 Å². The summed E-state index contributed by atoms with van der Waals surface area (Å²) in [6.45, 7) is 3.03. The number of benzene rings is 3. The van der Waals surface area contributed by atoms with Crippen LogP contribution in [0.1, 0.15) is 23.6 Å². The number of rotatable bonds is 8. The summed E-state index contributed by atoms with van der Waals surface area (Å²) in [7, 11) is 0. The third-order valence-corrected chi connectivity index (χ3v) is 4.84. The molecule has 0 spiro atoms. The Morgan fingerprint density at radius 1 is 0.862 bits per heavy atom. The van der Waals surface area contributed by atoms with Crippen molar-refractivity contribution in [3.05, 3.63) is 95.7 Å². The van der Waals surface area contributed by atoms with Gasteiger partial charge in [-0.15, -0.1) is 0 Å². The molecule has 3 N–H and O–H groups in total. The number of nitrogens with one attached hydrogen (secondary N) is 1. The number of aromatic nitrogens is 1. The van der Waals surface area contributed by atoms with Gasteiger partial charge in [-0.3, -0.25) is 0 Å². The van der Waals surface area contributed by atoms with Crippen LogP contribution in [0.2, 0.25) is 0 Å². The van der Waals surface area contributed by atoms with E-state index in [9.17, 15) is 0 Å². The first-order valence-electron chi connectivity index (χ1n) is 9.92. The van der Waals surface area contributed by atoms with Crippen LogP contribution in [0.4, 0.5) is 0 Å². The van der Waals surface area contributed by atoms with Crippen molar-refractivity contribution in [3.8, 4) is 11.5 Å². The Hall–Kier alpha value is -3.24. The van der Waals surface area contributed by atoms with Crippen LogP contribution in [0, 0.1) is 0 Å². The van der Waals surface area contributed by atoms with Gasteiger partial charge in [-0.1, -0.05) is 60.7 Å². The minimum Gasteiger partial charge on any atom is -0.489 e. The summed E-state index contributed by atoms with van der Waals surface area (Å²) in [6, 6.07) is 24.4. The fourth-order valence-corrected chi connectivity index (χ4v) is 3.42. The molecule has 0 radical (unpaired) electrons. The first-order valence-corrected chi connectivity index (χ1v) is 9.92. The van der Waals surface area contributed by atoms with E-state index in [0.29, 0.717) is 13.2 Å². The summed E-state index contributed by atoms with van der Waals surface area (Å²) < 4.78 is 12.3. The van der Waals surface area contributed by atoms with Gasteiger partial charge in [0.15, 0.2) is 0 Å². The highest BCUT2D eigenvalue weighted by molar-refractivity contribution is 5.90. The largest absolute Gasteiger partial charge is 0.489 e. The van der Waals surface area contributed by atoms with E-state index in [1.807, 2.05) is 55.6 Å². The Kier molecular flexibility index (Phi) is 5.82. The third kappa shape index (κ3) is 4.79. The molecule has 0 amide bonds. The maximum Gasteiger partial charge on any atom is 0.147 e. The molecular weight excluding hydrogens is 360 g/mol. The van der Waals surface area contributed by atoms with Gasteiger partial charge in [0.1, 0.15) is 24.7 Å². The molecule has 4 heteroatoms. The first kappa shape index (κ1) is 19.1. The Balaban J connectivity index is 1.63. The molecular formula is C25H26N2O2. The van der Waals surface area contributed by atoms with Crippen LogP contribution < -0.4 is 15.2 Å². The van der Waals surface area contributed by atoms with Gasteiger partial charge in [-0.2, -0.15) is 0 Å². The van der Waals surface area contributed by atoms with E-state index in [4.69, 9.17) is 15.2 Å². The standard InChI is InChI=1S/C25H26N2O2/c1-18(26)12-21-15-27-25-23(21)13-22(28-16-19-8-4-2-5-9-19)14-24(25)29-17-20-10-6-3-7-11-20/h2-11,13-15,18,27H,12,16-17,26H2,1H3. The molecule has 29 heavy (non-hydrogen) atoms. The zero-order valence-corrected chi connectivity index (χ0v) is 16.6. The molecule has 1 heterocycles. The van der Waals surface area contributed by atoms with Crippen molar-refractivity contribution in [1.82, 2.24) is 4.98 Å². The zero-order valence-electron chi connectivity index (χ0n) is 16.6. The second-order valence-electron chi connectivity index (χ2n) is 7.39. The van der Waals surface area contributed by atoms with Crippen molar-refractivity contribution in [2.75, 3.05) is 0 Å². The van der Waals surface area contributed by atoms with Crippen LogP contribution in [0.25, 0.3) is 10.9 Å². The minimum atomic E-state index is 0.0802. The minimum absolute atomic E-state index is 0.0802. The number of aromatic amines is 1. The van der Waals surface area contributed by atoms with Crippen molar-refractivity contribution in [3.63, 3.8) is 0 Å². The molecule has 0 fully saturated rings. The highest BCUT2D eigenvalue weighted by Gasteiger charge is 2.13. The number of fused-ring (bicyclic) bond motifs is 1. The molecule has 1 aromatic heterocycles. The van der Waals surface area contributed by atoms with Gasteiger partial charge < -0.3 is 20.2 Å². The number of nitrogens with two attached hydrogens (primary N) is 1. The third-order valence-electron chi connectivity index (χ3n) is 4.84. The van der Waals surface area contributed by atoms with E-state index in [0.717, 1.165) is 39.9 Å². The lowest BCUT2D eigenvalue weighted by molar-refractivity contribution is 0.292. The monoisotopic (exact) mass is 386 g/mol. The maximum atomic E-state index is 6.17. The molecule has 1 unspecified atom stereocenters. The predicted molar refractivity (Wildman–Crippen MR) is 117 cm³/mol. The molecule has 0 aliphatic rings. The topological polar surface area (TPSA) is 60.3 Å². The molecule has 1 atom stereocenters. The average Bonchev–Trinajstić information content (AvgIpc) is 3.14. The number of ether oxygens (including phenoxy) is 2. The highest BCUT2D eigenvalue weighted by atomic mass is 16.5. The van der Waals surface area contributed by atoms with Crippen LogP contribution in [-0.4, -0.2) is 11.0 Å². The zero-order chi connectivity index (χ0) is 20.1. The lowest BCUT2D eigenvalue weighted by Gasteiger charge is -2.12. The van der Waals surface area contributed by atoms with Gasteiger partial charge in [0.2, 0.25) is 0 Å². The average molecular weight is 386 g/mol. The van der Waals surface area contributed by atoms with Gasteiger partial charge in [-0.25, -0.2) is 0 Å². The van der Waals surface area contributed by atoms with Gasteiger partial charge in [-0.05, 0) is 36.1 Å². The summed E-state index contributed by atoms with van der Waals surface area (Å²) >= 11 is 0. The Morgan fingerprint density at radius 2 is 1.48 bits per heavy atom. The molecule has 4 rings (SSSR count). The molecule has 0 saturated heterocycles. The fraction of sp³-hybridized carbons (Fsp3) is 0.200. The molecule has 3 aromatic carbocycles. The van der Waals surface area contributed by atoms with Gasteiger partial charge >= 0.3 is 0 Å². The van der Waals surface area contributed by atoms with Crippen molar-refractivity contribution < 1.29 is 9.47 Å². The van der Waals surface area contributed by atoms with E-state index in [1.54, 1.807) is 0 Å². The molecule has 148 valence electrons. The number of hydrogen-bond acceptors (Lipinski definition) is 3. The summed E-state index contributed by atoms with van der Waals surface area (Å²) in [5, 5.41) is 1.09. The summed E-state index contributed by atoms with van der Waals surface area (Å²) in [5.74, 6) is 1.57. The Bertz CT molecular complexity index is 1060. The number of H-pyrrole nitrogens is 1. The quantitative estimate of drug-likeness (QED) is 0.437. The van der Waals surface area contributed by atoms with Crippen LogP contribution in [-0.2, 0) is 19.6 Å². The van der Waals surface area contributed by atoms with E-state index < -0.39 is 0 Å². The highest BCUT2D eigenvalue weighted by Crippen LogP contribution is 2.34. The molecule has 0 aliphatic heterocycles.